The zero-order valence-corrected chi connectivity index (χ0v) is 7.43. The van der Waals surface area contributed by atoms with Gasteiger partial charge >= 0.3 is 0 Å². The molecule has 0 aromatic heterocycles. The maximum Gasteiger partial charge on any atom is 0.0267 e. The third-order valence-electron chi connectivity index (χ3n) is 1.86. The first-order chi connectivity index (χ1) is 5.29. The molecule has 0 bridgehead atoms. The minimum absolute atomic E-state index is 0.549. The number of hydrogen-bond acceptors (Lipinski definition) is 2. The van der Waals surface area contributed by atoms with E-state index in [0.29, 0.717) is 12.1 Å². The quantitative estimate of drug-likeness (QED) is 0.639. The first-order valence-corrected chi connectivity index (χ1v) is 4.45. The fourth-order valence-corrected chi connectivity index (χ4v) is 1.24. The second-order valence-electron chi connectivity index (χ2n) is 3.38. The van der Waals surface area contributed by atoms with Crippen LogP contribution in [-0.2, 0) is 0 Å². The van der Waals surface area contributed by atoms with Gasteiger partial charge in [-0.05, 0) is 39.4 Å². The molecule has 0 saturated carbocycles. The van der Waals surface area contributed by atoms with Crippen LogP contribution in [0.15, 0.2) is 12.3 Å². The van der Waals surface area contributed by atoms with Crippen LogP contribution in [0.4, 0.5) is 0 Å². The minimum Gasteiger partial charge on any atom is -0.389 e. The van der Waals surface area contributed by atoms with Gasteiger partial charge in [0.1, 0.15) is 0 Å². The molecular weight excluding hydrogens is 136 g/mol. The van der Waals surface area contributed by atoms with Crippen LogP contribution in [0, 0.1) is 0 Å². The molecule has 64 valence electrons. The van der Waals surface area contributed by atoms with Crippen molar-refractivity contribution in [3.63, 3.8) is 0 Å². The lowest BCUT2D eigenvalue weighted by atomic mass is 10.2. The van der Waals surface area contributed by atoms with Crippen molar-refractivity contribution in [1.82, 2.24) is 10.6 Å². The molecule has 0 aromatic carbocycles. The minimum atomic E-state index is 0.549. The van der Waals surface area contributed by atoms with Crippen molar-refractivity contribution < 1.29 is 0 Å². The van der Waals surface area contributed by atoms with Gasteiger partial charge in [-0.1, -0.05) is 6.08 Å². The third-order valence-corrected chi connectivity index (χ3v) is 1.86. The van der Waals surface area contributed by atoms with E-state index < -0.39 is 0 Å². The maximum absolute atomic E-state index is 3.40. The topological polar surface area (TPSA) is 24.1 Å². The van der Waals surface area contributed by atoms with Crippen molar-refractivity contribution in [3.8, 4) is 0 Å². The SMILES string of the molecule is CC(C)N/C=C/[C@@H]1CCCN1. The Labute approximate surface area is 69.1 Å². The Morgan fingerprint density at radius 1 is 1.55 bits per heavy atom. The van der Waals surface area contributed by atoms with Gasteiger partial charge < -0.3 is 10.6 Å². The summed E-state index contributed by atoms with van der Waals surface area (Å²) in [6.07, 6.45) is 6.88. The Kier molecular flexibility index (Phi) is 3.43. The highest BCUT2D eigenvalue weighted by Crippen LogP contribution is 2.04. The number of nitrogens with one attached hydrogen (secondary N) is 2. The standard InChI is InChI=1S/C9H18N2/c1-8(2)10-7-5-9-4-3-6-11-9/h5,7-11H,3-4,6H2,1-2H3/b7-5+/t9-/m0/s1. The molecule has 0 unspecified atom stereocenters. The van der Waals surface area contributed by atoms with Gasteiger partial charge in [-0.2, -0.15) is 0 Å². The fourth-order valence-electron chi connectivity index (χ4n) is 1.24. The van der Waals surface area contributed by atoms with Gasteiger partial charge in [0, 0.05) is 12.1 Å². The Hall–Kier alpha value is -0.500. The average molecular weight is 154 g/mol. The molecule has 1 heterocycles. The number of rotatable bonds is 3. The van der Waals surface area contributed by atoms with Gasteiger partial charge in [0.15, 0.2) is 0 Å². The molecule has 0 spiro atoms. The molecule has 0 amide bonds. The summed E-state index contributed by atoms with van der Waals surface area (Å²) in [5.74, 6) is 0. The van der Waals surface area contributed by atoms with Crippen LogP contribution in [0.3, 0.4) is 0 Å². The molecule has 11 heavy (non-hydrogen) atoms. The smallest absolute Gasteiger partial charge is 0.0267 e. The zero-order valence-electron chi connectivity index (χ0n) is 7.43. The van der Waals surface area contributed by atoms with E-state index in [2.05, 4.69) is 36.8 Å². The van der Waals surface area contributed by atoms with E-state index in [-0.39, 0.29) is 0 Å². The molecule has 1 aliphatic rings. The lowest BCUT2D eigenvalue weighted by Gasteiger charge is -2.05. The highest BCUT2D eigenvalue weighted by molar-refractivity contribution is 4.95. The van der Waals surface area contributed by atoms with Crippen LogP contribution in [0.1, 0.15) is 26.7 Å². The molecule has 0 aliphatic carbocycles. The zero-order chi connectivity index (χ0) is 8.10. The highest BCUT2D eigenvalue weighted by Gasteiger charge is 2.09. The van der Waals surface area contributed by atoms with Gasteiger partial charge in [-0.15, -0.1) is 0 Å². The van der Waals surface area contributed by atoms with Gasteiger partial charge in [0.2, 0.25) is 0 Å². The summed E-state index contributed by atoms with van der Waals surface area (Å²) < 4.78 is 0. The van der Waals surface area contributed by atoms with Crippen LogP contribution in [0.5, 0.6) is 0 Å². The second-order valence-corrected chi connectivity index (χ2v) is 3.38. The molecule has 1 saturated heterocycles. The largest absolute Gasteiger partial charge is 0.389 e. The molecule has 1 rings (SSSR count). The molecule has 0 radical (unpaired) electrons. The van der Waals surface area contributed by atoms with Crippen LogP contribution < -0.4 is 10.6 Å². The molecule has 2 nitrogen and oxygen atoms in total. The van der Waals surface area contributed by atoms with Crippen LogP contribution >= 0.6 is 0 Å². The van der Waals surface area contributed by atoms with E-state index >= 15 is 0 Å². The molecule has 1 fully saturated rings. The van der Waals surface area contributed by atoms with Crippen molar-refractivity contribution in [2.75, 3.05) is 6.54 Å². The van der Waals surface area contributed by atoms with E-state index in [0.717, 1.165) is 0 Å². The van der Waals surface area contributed by atoms with Crippen LogP contribution in [0.25, 0.3) is 0 Å². The summed E-state index contributed by atoms with van der Waals surface area (Å²) in [5.41, 5.74) is 0. The Balaban J connectivity index is 2.12. The van der Waals surface area contributed by atoms with Gasteiger partial charge in [0.05, 0.1) is 0 Å². The summed E-state index contributed by atoms with van der Waals surface area (Å²) >= 11 is 0. The van der Waals surface area contributed by atoms with Gasteiger partial charge in [0.25, 0.3) is 0 Å². The predicted molar refractivity (Wildman–Crippen MR) is 48.4 cm³/mol. The van der Waals surface area contributed by atoms with Gasteiger partial charge in [-0.3, -0.25) is 0 Å². The Morgan fingerprint density at radius 2 is 2.36 bits per heavy atom. The van der Waals surface area contributed by atoms with Crippen molar-refractivity contribution in [3.05, 3.63) is 12.3 Å². The Bertz CT molecular complexity index is 124. The normalized spacial score (nSPS) is 25.2. The van der Waals surface area contributed by atoms with Crippen molar-refractivity contribution >= 4 is 0 Å². The second kappa shape index (κ2) is 4.39. The lowest BCUT2D eigenvalue weighted by molar-refractivity contribution is 0.681. The van der Waals surface area contributed by atoms with E-state index in [1.54, 1.807) is 0 Å². The summed E-state index contributed by atoms with van der Waals surface area (Å²) in [6, 6.07) is 1.16. The molecule has 2 heteroatoms. The monoisotopic (exact) mass is 154 g/mol. The average Bonchev–Trinajstić information content (AvgIpc) is 2.39. The third kappa shape index (κ3) is 3.42. The van der Waals surface area contributed by atoms with Crippen LogP contribution in [0.2, 0.25) is 0 Å². The molecule has 1 atom stereocenters. The Morgan fingerprint density at radius 3 is 2.91 bits per heavy atom. The molecular formula is C9H18N2. The fraction of sp³-hybridized carbons (Fsp3) is 0.778. The lowest BCUT2D eigenvalue weighted by Crippen LogP contribution is -2.21. The van der Waals surface area contributed by atoms with Crippen molar-refractivity contribution in [2.24, 2.45) is 0 Å². The van der Waals surface area contributed by atoms with E-state index in [4.69, 9.17) is 0 Å². The summed E-state index contributed by atoms with van der Waals surface area (Å²) in [6.45, 7) is 5.47. The maximum atomic E-state index is 3.40. The number of hydrogen-bond donors (Lipinski definition) is 2. The van der Waals surface area contributed by atoms with E-state index in [1.807, 2.05) is 0 Å². The summed E-state index contributed by atoms with van der Waals surface area (Å²) in [4.78, 5) is 0. The molecule has 0 aromatic rings. The first kappa shape index (κ1) is 8.60. The molecule has 2 N–H and O–H groups in total. The van der Waals surface area contributed by atoms with E-state index in [9.17, 15) is 0 Å². The summed E-state index contributed by atoms with van der Waals surface area (Å²) in [7, 11) is 0. The van der Waals surface area contributed by atoms with Crippen molar-refractivity contribution in [1.29, 1.82) is 0 Å². The van der Waals surface area contributed by atoms with Crippen LogP contribution in [-0.4, -0.2) is 18.6 Å². The van der Waals surface area contributed by atoms with Crippen molar-refractivity contribution in [2.45, 2.75) is 38.8 Å². The van der Waals surface area contributed by atoms with Gasteiger partial charge in [-0.25, -0.2) is 0 Å². The highest BCUT2D eigenvalue weighted by atomic mass is 14.9. The predicted octanol–water partition coefficient (Wildman–Crippen LogP) is 1.25. The van der Waals surface area contributed by atoms with E-state index in [1.165, 1.54) is 19.4 Å². The first-order valence-electron chi connectivity index (χ1n) is 4.45. The summed E-state index contributed by atoms with van der Waals surface area (Å²) in [5, 5.41) is 6.66. The molecule has 1 aliphatic heterocycles.